The van der Waals surface area contributed by atoms with Gasteiger partial charge in [0.1, 0.15) is 0 Å². The molecule has 0 saturated carbocycles. The normalized spacial score (nSPS) is 15.3. The van der Waals surface area contributed by atoms with Crippen molar-refractivity contribution < 1.29 is 19.2 Å². The number of anilines is 1. The molecular weight excluding hydrogens is 450 g/mol. The molecule has 5 nitrogen and oxygen atoms in total. The van der Waals surface area contributed by atoms with Gasteiger partial charge in [0.05, 0.1) is 12.1 Å². The number of imide groups is 1. The molecule has 0 bridgehead atoms. The van der Waals surface area contributed by atoms with Gasteiger partial charge in [-0.25, -0.2) is 4.90 Å². The van der Waals surface area contributed by atoms with E-state index in [2.05, 4.69) is 0 Å². The zero-order valence-corrected chi connectivity index (χ0v) is 18.8. The van der Waals surface area contributed by atoms with E-state index in [1.54, 1.807) is 48.5 Å². The molecule has 2 aliphatic rings. The highest BCUT2D eigenvalue weighted by molar-refractivity contribution is 6.43. The molecule has 0 radical (unpaired) electrons. The average Bonchev–Trinajstić information content (AvgIpc) is 2.90. The lowest BCUT2D eigenvalue weighted by molar-refractivity contribution is 0.0875. The number of benzene rings is 6. The maximum Gasteiger partial charge on any atom is 0.265 e. The topological polar surface area (TPSA) is 71.5 Å². The van der Waals surface area contributed by atoms with Crippen LogP contribution in [0.2, 0.25) is 0 Å². The van der Waals surface area contributed by atoms with Gasteiger partial charge in [0.25, 0.3) is 11.8 Å². The number of hydrogen-bond acceptors (Lipinski definition) is 4. The molecule has 168 valence electrons. The summed E-state index contributed by atoms with van der Waals surface area (Å²) in [5, 5.41) is 6.65. The summed E-state index contributed by atoms with van der Waals surface area (Å²) in [5.41, 5.74) is 2.64. The average molecular weight is 465 g/mol. The summed E-state index contributed by atoms with van der Waals surface area (Å²) in [7, 11) is 0. The molecule has 0 saturated heterocycles. The molecule has 0 spiro atoms. The van der Waals surface area contributed by atoms with E-state index in [-0.39, 0.29) is 29.8 Å². The Morgan fingerprint density at radius 2 is 0.861 bits per heavy atom. The van der Waals surface area contributed by atoms with Crippen LogP contribution in [0.1, 0.15) is 47.9 Å². The van der Waals surface area contributed by atoms with Crippen LogP contribution in [-0.2, 0) is 0 Å². The van der Waals surface area contributed by atoms with Crippen molar-refractivity contribution in [3.8, 4) is 0 Å². The first-order valence-electron chi connectivity index (χ1n) is 11.7. The molecule has 5 heteroatoms. The first kappa shape index (κ1) is 19.4. The highest BCUT2D eigenvalue weighted by Gasteiger charge is 2.35. The van der Waals surface area contributed by atoms with E-state index < -0.39 is 0 Å². The first-order valence-corrected chi connectivity index (χ1v) is 11.7. The van der Waals surface area contributed by atoms with Gasteiger partial charge in [-0.05, 0) is 56.6 Å². The van der Waals surface area contributed by atoms with Crippen molar-refractivity contribution in [3.63, 3.8) is 0 Å². The monoisotopic (exact) mass is 465 g/mol. The molecule has 2 amide bonds. The maximum absolute atomic E-state index is 13.6. The van der Waals surface area contributed by atoms with Crippen molar-refractivity contribution in [3.05, 3.63) is 101 Å². The standard InChI is InChI=1S/C31H15NO4/c33-24-14-25(34)21-11-7-17-19-9-13-23-29-22(30(35)32(31(23)36)15-4-2-1-3-5-15)12-8-18(27(19)29)16-6-10-20(24)28(21)26(16)17/h1-13H,14H2. The van der Waals surface area contributed by atoms with Crippen molar-refractivity contribution in [1.29, 1.82) is 0 Å². The third-order valence-corrected chi connectivity index (χ3v) is 7.71. The van der Waals surface area contributed by atoms with Crippen LogP contribution in [-0.4, -0.2) is 23.4 Å². The van der Waals surface area contributed by atoms with E-state index in [9.17, 15) is 19.2 Å². The van der Waals surface area contributed by atoms with Gasteiger partial charge in [-0.15, -0.1) is 0 Å². The second kappa shape index (κ2) is 6.40. The molecule has 6 aromatic rings. The Labute approximate surface area is 203 Å². The smallest absolute Gasteiger partial charge is 0.265 e. The zero-order valence-electron chi connectivity index (χ0n) is 18.8. The van der Waals surface area contributed by atoms with Crippen LogP contribution in [0, 0.1) is 0 Å². The van der Waals surface area contributed by atoms with Crippen molar-refractivity contribution in [2.45, 2.75) is 6.42 Å². The molecule has 0 N–H and O–H groups in total. The summed E-state index contributed by atoms with van der Waals surface area (Å²) in [6, 6.07) is 23.8. The molecule has 0 fully saturated rings. The molecular formula is C31H15NO4. The second-order valence-electron chi connectivity index (χ2n) is 9.45. The van der Waals surface area contributed by atoms with Crippen LogP contribution in [0.3, 0.4) is 0 Å². The predicted octanol–water partition coefficient (Wildman–Crippen LogP) is 6.31. The summed E-state index contributed by atoms with van der Waals surface area (Å²) < 4.78 is 0. The summed E-state index contributed by atoms with van der Waals surface area (Å²) in [4.78, 5) is 53.9. The van der Waals surface area contributed by atoms with E-state index in [0.717, 1.165) is 32.3 Å². The Bertz CT molecular complexity index is 1920. The number of hydrogen-bond donors (Lipinski definition) is 0. The van der Waals surface area contributed by atoms with E-state index in [1.807, 2.05) is 30.3 Å². The van der Waals surface area contributed by atoms with Gasteiger partial charge in [-0.3, -0.25) is 19.2 Å². The molecule has 8 rings (SSSR count). The van der Waals surface area contributed by atoms with Gasteiger partial charge in [-0.2, -0.15) is 0 Å². The largest absolute Gasteiger partial charge is 0.294 e. The Kier molecular flexibility index (Phi) is 3.45. The Morgan fingerprint density at radius 1 is 0.444 bits per heavy atom. The number of fused-ring (bicyclic) bond motifs is 2. The van der Waals surface area contributed by atoms with Crippen LogP contribution in [0.4, 0.5) is 5.69 Å². The van der Waals surface area contributed by atoms with Crippen LogP contribution in [0.15, 0.2) is 78.9 Å². The van der Waals surface area contributed by atoms with E-state index in [4.69, 9.17) is 0 Å². The molecule has 1 aliphatic heterocycles. The number of Topliss-reactive ketones (excluding diaryl/α,β-unsaturated/α-hetero) is 2. The Balaban J connectivity index is 1.53. The lowest BCUT2D eigenvalue weighted by Crippen LogP contribution is -2.40. The number of carbonyl (C=O) groups excluding carboxylic acids is 4. The minimum atomic E-state index is -0.352. The fourth-order valence-electron chi connectivity index (χ4n) is 6.19. The summed E-state index contributed by atoms with van der Waals surface area (Å²) >= 11 is 0. The van der Waals surface area contributed by atoms with Crippen molar-refractivity contribution >= 4 is 72.2 Å². The highest BCUT2D eigenvalue weighted by atomic mass is 16.2. The molecule has 1 aliphatic carbocycles. The van der Waals surface area contributed by atoms with Crippen molar-refractivity contribution in [2.24, 2.45) is 0 Å². The number of amides is 2. The number of carbonyl (C=O) groups is 4. The molecule has 0 atom stereocenters. The minimum absolute atomic E-state index is 0.109. The third-order valence-electron chi connectivity index (χ3n) is 7.71. The van der Waals surface area contributed by atoms with E-state index in [1.165, 1.54) is 4.90 Å². The van der Waals surface area contributed by atoms with Crippen LogP contribution < -0.4 is 4.90 Å². The van der Waals surface area contributed by atoms with Crippen LogP contribution in [0.25, 0.3) is 43.1 Å². The number of para-hydroxylation sites is 1. The van der Waals surface area contributed by atoms with Gasteiger partial charge >= 0.3 is 0 Å². The predicted molar refractivity (Wildman–Crippen MR) is 139 cm³/mol. The van der Waals surface area contributed by atoms with Gasteiger partial charge < -0.3 is 0 Å². The summed E-state index contributed by atoms with van der Waals surface area (Å²) in [6.45, 7) is 0. The van der Waals surface area contributed by atoms with Gasteiger partial charge in [0.2, 0.25) is 0 Å². The van der Waals surface area contributed by atoms with Gasteiger partial charge in [0, 0.05) is 33.0 Å². The molecule has 0 unspecified atom stereocenters. The SMILES string of the molecule is O=C1CC(=O)c2ccc3c4ccc5c6c(ccc(c7ccc1c2c73)c64)C(=O)N(c1ccccc1)C5=O. The number of nitrogens with zero attached hydrogens (tertiary/aromatic N) is 1. The molecule has 0 aromatic heterocycles. The third kappa shape index (κ3) is 2.16. The lowest BCUT2D eigenvalue weighted by Gasteiger charge is -2.28. The highest BCUT2D eigenvalue weighted by Crippen LogP contribution is 2.46. The lowest BCUT2D eigenvalue weighted by atomic mass is 9.80. The molecule has 36 heavy (non-hydrogen) atoms. The molecule has 6 aromatic carbocycles. The Morgan fingerprint density at radius 3 is 1.33 bits per heavy atom. The van der Waals surface area contributed by atoms with Gasteiger partial charge in [0.15, 0.2) is 11.6 Å². The quantitative estimate of drug-likeness (QED) is 0.124. The number of ketones is 2. The van der Waals surface area contributed by atoms with Crippen LogP contribution in [0.5, 0.6) is 0 Å². The second-order valence-corrected chi connectivity index (χ2v) is 9.45. The zero-order chi connectivity index (χ0) is 24.3. The minimum Gasteiger partial charge on any atom is -0.294 e. The van der Waals surface area contributed by atoms with E-state index in [0.29, 0.717) is 38.7 Å². The molecule has 1 heterocycles. The van der Waals surface area contributed by atoms with E-state index >= 15 is 0 Å². The summed E-state index contributed by atoms with van der Waals surface area (Å²) in [5.74, 6) is -1.03. The van der Waals surface area contributed by atoms with Gasteiger partial charge in [-0.1, -0.05) is 54.6 Å². The maximum atomic E-state index is 13.6. The Hall–Kier alpha value is -4.90. The number of rotatable bonds is 1. The van der Waals surface area contributed by atoms with Crippen molar-refractivity contribution in [2.75, 3.05) is 4.90 Å². The van der Waals surface area contributed by atoms with Crippen molar-refractivity contribution in [1.82, 2.24) is 0 Å². The fraction of sp³-hybridized carbons (Fsp3) is 0.0323. The first-order chi connectivity index (χ1) is 17.5. The summed E-state index contributed by atoms with van der Waals surface area (Å²) in [6.07, 6.45) is -0.109. The van der Waals surface area contributed by atoms with Crippen LogP contribution >= 0.6 is 0 Å². The fourth-order valence-corrected chi connectivity index (χ4v) is 6.19.